The summed E-state index contributed by atoms with van der Waals surface area (Å²) in [6.07, 6.45) is 2.58. The van der Waals surface area contributed by atoms with Gasteiger partial charge in [0.25, 0.3) is 0 Å². The van der Waals surface area contributed by atoms with E-state index in [-0.39, 0.29) is 30.2 Å². The smallest absolute Gasteiger partial charge is 0.246 e. The number of aliphatic hydroxyl groups excluding tert-OH is 1. The van der Waals surface area contributed by atoms with Crippen molar-refractivity contribution in [2.45, 2.75) is 69.9 Å². The monoisotopic (exact) mass is 533 g/mol. The van der Waals surface area contributed by atoms with Crippen LogP contribution in [0.3, 0.4) is 0 Å². The van der Waals surface area contributed by atoms with Crippen LogP contribution in [-0.4, -0.2) is 58.1 Å². The molecule has 2 bridgehead atoms. The Labute approximate surface area is 230 Å². The van der Waals surface area contributed by atoms with Crippen LogP contribution in [0.15, 0.2) is 60.7 Å². The van der Waals surface area contributed by atoms with E-state index in [2.05, 4.69) is 17.6 Å². The van der Waals surface area contributed by atoms with Gasteiger partial charge in [-0.25, -0.2) is 0 Å². The van der Waals surface area contributed by atoms with Crippen molar-refractivity contribution in [2.75, 3.05) is 13.2 Å². The normalized spacial score (nSPS) is 30.8. The number of carbonyl (C=O) groups is 3. The fourth-order valence-corrected chi connectivity index (χ4v) is 7.03. The average molecular weight is 534 g/mol. The lowest BCUT2D eigenvalue weighted by molar-refractivity contribution is -0.147. The van der Waals surface area contributed by atoms with Gasteiger partial charge in [0.1, 0.15) is 11.6 Å². The van der Waals surface area contributed by atoms with E-state index in [4.69, 9.17) is 4.74 Å². The van der Waals surface area contributed by atoms with Gasteiger partial charge in [-0.1, -0.05) is 67.6 Å². The molecule has 1 spiro atoms. The Balaban J connectivity index is 1.42. The van der Waals surface area contributed by atoms with E-state index < -0.39 is 29.1 Å². The number of benzene rings is 2. The molecule has 2 aromatic carbocycles. The number of aliphatic hydroxyl groups is 1. The number of amides is 3. The number of nitrogens with one attached hydrogen (secondary N) is 2. The van der Waals surface area contributed by atoms with Crippen molar-refractivity contribution in [3.63, 3.8) is 0 Å². The maximum Gasteiger partial charge on any atom is 0.246 e. The van der Waals surface area contributed by atoms with Gasteiger partial charge in [0.05, 0.1) is 17.4 Å². The largest absolute Gasteiger partial charge is 0.396 e. The first-order valence-corrected chi connectivity index (χ1v) is 14.1. The molecule has 0 saturated carbocycles. The van der Waals surface area contributed by atoms with Crippen molar-refractivity contribution in [1.29, 1.82) is 0 Å². The molecule has 39 heavy (non-hydrogen) atoms. The predicted octanol–water partition coefficient (Wildman–Crippen LogP) is 2.79. The number of likely N-dealkylation sites (tertiary alicyclic amines) is 1. The Morgan fingerprint density at radius 3 is 2.13 bits per heavy atom. The highest BCUT2D eigenvalue weighted by Crippen LogP contribution is 2.65. The number of hydrogen-bond acceptors (Lipinski definition) is 5. The van der Waals surface area contributed by atoms with Crippen LogP contribution in [0, 0.1) is 17.8 Å². The molecule has 2 aromatic rings. The maximum absolute atomic E-state index is 14.1. The molecule has 3 unspecified atom stereocenters. The van der Waals surface area contributed by atoms with Crippen molar-refractivity contribution < 1.29 is 24.2 Å². The van der Waals surface area contributed by atoms with E-state index >= 15 is 0 Å². The predicted molar refractivity (Wildman–Crippen MR) is 146 cm³/mol. The molecule has 0 aromatic heterocycles. The van der Waals surface area contributed by atoms with Gasteiger partial charge in [0, 0.05) is 26.2 Å². The lowest BCUT2D eigenvalue weighted by atomic mass is 9.62. The van der Waals surface area contributed by atoms with Gasteiger partial charge in [-0.05, 0) is 49.7 Å². The quantitative estimate of drug-likeness (QED) is 0.385. The zero-order valence-corrected chi connectivity index (χ0v) is 22.8. The maximum atomic E-state index is 14.1. The first kappa shape index (κ1) is 27.3. The standard InChI is InChI=1S/C31H39N3O5/c1-21-18-31-25(24(30(21,2)39-31)27(36)32-19-22-12-6-3-7-13-22)29(38)34(16-10-5-11-17-35)26(31)28(37)33-20-23-14-8-4-9-15-23/h3-4,6-9,12-15,21,24-26,35H,5,10-11,16-20H2,1-2H3,(H,32,36)(H,33,37)/t21?,24-,25-,26?,30+,31?/m0/s1. The highest BCUT2D eigenvalue weighted by Gasteiger charge is 2.79. The van der Waals surface area contributed by atoms with E-state index in [0.29, 0.717) is 38.9 Å². The molecule has 5 rings (SSSR count). The number of carbonyl (C=O) groups excluding carboxylic acids is 3. The third-order valence-corrected chi connectivity index (χ3v) is 9.02. The minimum atomic E-state index is -1.06. The van der Waals surface area contributed by atoms with Gasteiger partial charge in [0.15, 0.2) is 0 Å². The zero-order valence-electron chi connectivity index (χ0n) is 22.8. The molecule has 3 aliphatic rings. The molecule has 8 nitrogen and oxygen atoms in total. The molecule has 208 valence electrons. The highest BCUT2D eigenvalue weighted by molar-refractivity contribution is 5.99. The molecule has 0 aliphatic carbocycles. The third-order valence-electron chi connectivity index (χ3n) is 9.02. The Morgan fingerprint density at radius 1 is 0.949 bits per heavy atom. The molecule has 3 N–H and O–H groups in total. The minimum Gasteiger partial charge on any atom is -0.396 e. The molecular formula is C31H39N3O5. The Morgan fingerprint density at radius 2 is 1.54 bits per heavy atom. The number of nitrogens with zero attached hydrogens (tertiary/aromatic N) is 1. The lowest BCUT2D eigenvalue weighted by Gasteiger charge is -2.36. The second-order valence-corrected chi connectivity index (χ2v) is 11.4. The molecule has 3 fully saturated rings. The summed E-state index contributed by atoms with van der Waals surface area (Å²) in [4.78, 5) is 43.4. The third kappa shape index (κ3) is 4.85. The van der Waals surface area contributed by atoms with Crippen molar-refractivity contribution in [3.05, 3.63) is 71.8 Å². The fourth-order valence-electron chi connectivity index (χ4n) is 7.03. The Hall–Kier alpha value is -3.23. The summed E-state index contributed by atoms with van der Waals surface area (Å²) >= 11 is 0. The summed E-state index contributed by atoms with van der Waals surface area (Å²) in [6, 6.07) is 18.5. The lowest BCUT2D eigenvalue weighted by Crippen LogP contribution is -2.55. The number of unbranched alkanes of at least 4 members (excludes halogenated alkanes) is 2. The molecule has 3 heterocycles. The van der Waals surface area contributed by atoms with Gasteiger partial charge >= 0.3 is 0 Å². The van der Waals surface area contributed by atoms with Crippen LogP contribution in [0.5, 0.6) is 0 Å². The summed E-state index contributed by atoms with van der Waals surface area (Å²) in [6.45, 7) is 5.15. The Bertz CT molecular complexity index is 1190. The van der Waals surface area contributed by atoms with Crippen LogP contribution in [0.2, 0.25) is 0 Å². The van der Waals surface area contributed by atoms with Crippen LogP contribution < -0.4 is 10.6 Å². The minimum absolute atomic E-state index is 0.00668. The van der Waals surface area contributed by atoms with Crippen LogP contribution >= 0.6 is 0 Å². The number of rotatable bonds is 11. The summed E-state index contributed by atoms with van der Waals surface area (Å²) in [5.41, 5.74) is 0.0397. The van der Waals surface area contributed by atoms with Crippen LogP contribution in [0.4, 0.5) is 0 Å². The first-order valence-electron chi connectivity index (χ1n) is 14.1. The molecule has 3 amide bonds. The number of ether oxygens (including phenoxy) is 1. The molecule has 0 radical (unpaired) electrons. The summed E-state index contributed by atoms with van der Waals surface area (Å²) < 4.78 is 6.76. The molecule has 3 aliphatic heterocycles. The van der Waals surface area contributed by atoms with E-state index in [1.54, 1.807) is 4.90 Å². The van der Waals surface area contributed by atoms with Gasteiger partial charge in [-0.15, -0.1) is 0 Å². The first-order chi connectivity index (χ1) is 18.8. The highest BCUT2D eigenvalue weighted by atomic mass is 16.5. The van der Waals surface area contributed by atoms with Gasteiger partial charge in [-0.2, -0.15) is 0 Å². The summed E-state index contributed by atoms with van der Waals surface area (Å²) in [5, 5.41) is 15.3. The van der Waals surface area contributed by atoms with Gasteiger partial charge in [0.2, 0.25) is 17.7 Å². The van der Waals surface area contributed by atoms with E-state index in [1.807, 2.05) is 67.6 Å². The van der Waals surface area contributed by atoms with Crippen molar-refractivity contribution in [3.8, 4) is 0 Å². The molecule has 3 saturated heterocycles. The topological polar surface area (TPSA) is 108 Å². The molecular weight excluding hydrogens is 494 g/mol. The van der Waals surface area contributed by atoms with Crippen molar-refractivity contribution >= 4 is 17.7 Å². The average Bonchev–Trinajstić information content (AvgIpc) is 3.46. The zero-order chi connectivity index (χ0) is 27.6. The van der Waals surface area contributed by atoms with E-state index in [0.717, 1.165) is 17.5 Å². The van der Waals surface area contributed by atoms with Gasteiger partial charge in [-0.3, -0.25) is 14.4 Å². The number of hydrogen-bond donors (Lipinski definition) is 3. The van der Waals surface area contributed by atoms with E-state index in [1.165, 1.54) is 0 Å². The van der Waals surface area contributed by atoms with E-state index in [9.17, 15) is 19.5 Å². The molecule has 6 atom stereocenters. The van der Waals surface area contributed by atoms with Gasteiger partial charge < -0.3 is 25.4 Å². The van der Waals surface area contributed by atoms with Crippen LogP contribution in [0.1, 0.15) is 50.7 Å². The fraction of sp³-hybridized carbons (Fsp3) is 0.516. The van der Waals surface area contributed by atoms with Crippen LogP contribution in [0.25, 0.3) is 0 Å². The summed E-state index contributed by atoms with van der Waals surface area (Å²) in [7, 11) is 0. The SMILES string of the molecule is CC1CC23O[C@@]1(C)[C@H](C(=O)NCc1ccccc1)[C@H]2C(=O)N(CCCCCO)C3C(=O)NCc1ccccc1. The second-order valence-electron chi connectivity index (χ2n) is 11.4. The van der Waals surface area contributed by atoms with Crippen molar-refractivity contribution in [2.24, 2.45) is 17.8 Å². The second kappa shape index (κ2) is 11.1. The Kier molecular flexibility index (Phi) is 7.78. The number of fused-ring (bicyclic) bond motifs is 1. The van der Waals surface area contributed by atoms with Crippen molar-refractivity contribution in [1.82, 2.24) is 15.5 Å². The van der Waals surface area contributed by atoms with Crippen LogP contribution in [-0.2, 0) is 32.2 Å². The molecule has 8 heteroatoms. The summed E-state index contributed by atoms with van der Waals surface area (Å²) in [5.74, 6) is -2.07.